The molecule has 0 aliphatic carbocycles. The van der Waals surface area contributed by atoms with E-state index in [1.807, 2.05) is 37.3 Å². The molecular formula is C20H22N2O5. The highest BCUT2D eigenvalue weighted by Gasteiger charge is 2.39. The van der Waals surface area contributed by atoms with E-state index in [0.29, 0.717) is 13.1 Å². The van der Waals surface area contributed by atoms with E-state index in [0.717, 1.165) is 11.1 Å². The Hall–Kier alpha value is -2.77. The number of methoxy groups -OCH3 is 1. The molecule has 0 spiro atoms. The van der Waals surface area contributed by atoms with Crippen LogP contribution in [-0.4, -0.2) is 35.6 Å². The summed E-state index contributed by atoms with van der Waals surface area (Å²) in [6.45, 7) is 2.91. The van der Waals surface area contributed by atoms with Crippen molar-refractivity contribution in [3.63, 3.8) is 0 Å². The van der Waals surface area contributed by atoms with Crippen molar-refractivity contribution in [2.75, 3.05) is 13.7 Å². The van der Waals surface area contributed by atoms with Crippen LogP contribution in [0.15, 0.2) is 54.6 Å². The lowest BCUT2D eigenvalue weighted by atomic mass is 9.98. The average Bonchev–Trinajstić information content (AvgIpc) is 2.69. The fourth-order valence-electron chi connectivity index (χ4n) is 3.31. The summed E-state index contributed by atoms with van der Waals surface area (Å²) in [4.78, 5) is 24.7. The molecule has 1 aliphatic heterocycles. The molecule has 1 fully saturated rings. The Morgan fingerprint density at radius 1 is 1.22 bits per heavy atom. The second kappa shape index (κ2) is 8.28. The van der Waals surface area contributed by atoms with Crippen LogP contribution in [-0.2, 0) is 20.8 Å². The highest BCUT2D eigenvalue weighted by Crippen LogP contribution is 2.34. The topological polar surface area (TPSA) is 81.9 Å². The van der Waals surface area contributed by atoms with Gasteiger partial charge in [-0.25, -0.2) is 0 Å². The van der Waals surface area contributed by atoms with Gasteiger partial charge >= 0.3 is 5.97 Å². The SMILES string of the molecule is COC(=O)[C@H]1CN(Cc2ccccc2)C(c2ccc([N+](=O)[O-])cc2)O[C@H]1C. The number of nitrogens with zero attached hydrogens (tertiary/aromatic N) is 2. The molecule has 1 unspecified atom stereocenters. The molecule has 3 atom stereocenters. The normalized spacial score (nSPS) is 23.0. The zero-order chi connectivity index (χ0) is 19.4. The Balaban J connectivity index is 1.88. The average molecular weight is 370 g/mol. The van der Waals surface area contributed by atoms with Gasteiger partial charge in [0.15, 0.2) is 0 Å². The fraction of sp³-hybridized carbons (Fsp3) is 0.350. The van der Waals surface area contributed by atoms with Gasteiger partial charge in [-0.2, -0.15) is 0 Å². The zero-order valence-corrected chi connectivity index (χ0v) is 15.3. The predicted octanol–water partition coefficient (Wildman–Crippen LogP) is 3.30. The molecule has 0 N–H and O–H groups in total. The molecular weight excluding hydrogens is 348 g/mol. The lowest BCUT2D eigenvalue weighted by Gasteiger charge is -2.42. The van der Waals surface area contributed by atoms with Gasteiger partial charge in [-0.3, -0.25) is 19.8 Å². The summed E-state index contributed by atoms with van der Waals surface area (Å²) < 4.78 is 11.1. The second-order valence-electron chi connectivity index (χ2n) is 6.59. The summed E-state index contributed by atoms with van der Waals surface area (Å²) in [5.74, 6) is -0.698. The van der Waals surface area contributed by atoms with Crippen molar-refractivity contribution in [1.29, 1.82) is 0 Å². The second-order valence-corrected chi connectivity index (χ2v) is 6.59. The maximum Gasteiger partial charge on any atom is 0.312 e. The molecule has 2 aromatic carbocycles. The third kappa shape index (κ3) is 4.32. The Morgan fingerprint density at radius 2 is 1.89 bits per heavy atom. The number of nitro benzene ring substituents is 1. The highest BCUT2D eigenvalue weighted by molar-refractivity contribution is 5.73. The van der Waals surface area contributed by atoms with Gasteiger partial charge in [0, 0.05) is 25.2 Å². The third-order valence-corrected chi connectivity index (χ3v) is 4.79. The zero-order valence-electron chi connectivity index (χ0n) is 15.3. The van der Waals surface area contributed by atoms with E-state index in [9.17, 15) is 14.9 Å². The van der Waals surface area contributed by atoms with E-state index < -0.39 is 17.1 Å². The van der Waals surface area contributed by atoms with Crippen LogP contribution in [0.4, 0.5) is 5.69 Å². The number of benzene rings is 2. The van der Waals surface area contributed by atoms with E-state index in [2.05, 4.69) is 4.90 Å². The van der Waals surface area contributed by atoms with Gasteiger partial charge in [0.2, 0.25) is 0 Å². The minimum absolute atomic E-state index is 0.0321. The van der Waals surface area contributed by atoms with Gasteiger partial charge in [-0.15, -0.1) is 0 Å². The summed E-state index contributed by atoms with van der Waals surface area (Å²) in [5, 5.41) is 10.9. The number of rotatable bonds is 5. The van der Waals surface area contributed by atoms with Crippen LogP contribution in [0.2, 0.25) is 0 Å². The molecule has 1 saturated heterocycles. The minimum Gasteiger partial charge on any atom is -0.469 e. The summed E-state index contributed by atoms with van der Waals surface area (Å²) in [5.41, 5.74) is 1.93. The Labute approximate surface area is 157 Å². The molecule has 142 valence electrons. The smallest absolute Gasteiger partial charge is 0.312 e. The summed E-state index contributed by atoms with van der Waals surface area (Å²) in [7, 11) is 1.37. The highest BCUT2D eigenvalue weighted by atomic mass is 16.6. The van der Waals surface area contributed by atoms with Crippen LogP contribution >= 0.6 is 0 Å². The van der Waals surface area contributed by atoms with Crippen molar-refractivity contribution in [3.8, 4) is 0 Å². The first-order chi connectivity index (χ1) is 13.0. The maximum absolute atomic E-state index is 12.1. The van der Waals surface area contributed by atoms with Crippen LogP contribution in [0.5, 0.6) is 0 Å². The van der Waals surface area contributed by atoms with Gasteiger partial charge in [0.05, 0.1) is 24.1 Å². The lowest BCUT2D eigenvalue weighted by molar-refractivity contribution is -0.384. The lowest BCUT2D eigenvalue weighted by Crippen LogP contribution is -2.48. The quantitative estimate of drug-likeness (QED) is 0.456. The Kier molecular flexibility index (Phi) is 5.83. The van der Waals surface area contributed by atoms with Crippen LogP contribution in [0.3, 0.4) is 0 Å². The third-order valence-electron chi connectivity index (χ3n) is 4.79. The molecule has 0 saturated carbocycles. The van der Waals surface area contributed by atoms with E-state index in [1.54, 1.807) is 12.1 Å². The number of nitro groups is 1. The molecule has 0 radical (unpaired) electrons. The maximum atomic E-state index is 12.1. The molecule has 0 bridgehead atoms. The molecule has 1 aliphatic rings. The summed E-state index contributed by atoms with van der Waals surface area (Å²) in [6, 6.07) is 16.2. The molecule has 3 rings (SSSR count). The van der Waals surface area contributed by atoms with Crippen LogP contribution in [0.1, 0.15) is 24.3 Å². The van der Waals surface area contributed by atoms with E-state index >= 15 is 0 Å². The number of esters is 1. The number of hydrogen-bond acceptors (Lipinski definition) is 6. The van der Waals surface area contributed by atoms with Crippen molar-refractivity contribution in [3.05, 3.63) is 75.8 Å². The Morgan fingerprint density at radius 3 is 2.48 bits per heavy atom. The monoisotopic (exact) mass is 370 g/mol. The first kappa shape index (κ1) is 19.0. The molecule has 7 nitrogen and oxygen atoms in total. The number of non-ortho nitro benzene ring substituents is 1. The molecule has 1 heterocycles. The van der Waals surface area contributed by atoms with Gasteiger partial charge in [0.1, 0.15) is 6.23 Å². The summed E-state index contributed by atoms with van der Waals surface area (Å²) >= 11 is 0. The van der Waals surface area contributed by atoms with Crippen molar-refractivity contribution in [2.45, 2.75) is 25.8 Å². The van der Waals surface area contributed by atoms with Crippen molar-refractivity contribution < 1.29 is 19.2 Å². The van der Waals surface area contributed by atoms with Gasteiger partial charge in [-0.1, -0.05) is 30.3 Å². The largest absolute Gasteiger partial charge is 0.469 e. The van der Waals surface area contributed by atoms with Crippen molar-refractivity contribution >= 4 is 11.7 Å². The molecule has 0 amide bonds. The fourth-order valence-corrected chi connectivity index (χ4v) is 3.31. The van der Waals surface area contributed by atoms with Gasteiger partial charge in [0.25, 0.3) is 5.69 Å². The number of ether oxygens (including phenoxy) is 2. The predicted molar refractivity (Wildman–Crippen MR) is 98.7 cm³/mol. The van der Waals surface area contributed by atoms with Crippen LogP contribution in [0.25, 0.3) is 0 Å². The van der Waals surface area contributed by atoms with E-state index in [-0.39, 0.29) is 17.8 Å². The summed E-state index contributed by atoms with van der Waals surface area (Å²) in [6.07, 6.45) is -0.730. The first-order valence-electron chi connectivity index (χ1n) is 8.75. The standard InChI is InChI=1S/C20H22N2O5/c1-14-18(20(23)26-2)13-21(12-15-6-4-3-5-7-15)19(27-14)16-8-10-17(11-9-16)22(24)25/h3-11,14,18-19H,12-13H2,1-2H3/t14-,18-,19?/m0/s1. The van der Waals surface area contributed by atoms with Crippen molar-refractivity contribution in [1.82, 2.24) is 4.90 Å². The molecule has 0 aromatic heterocycles. The van der Waals surface area contributed by atoms with E-state index in [1.165, 1.54) is 19.2 Å². The number of carbonyl (C=O) groups is 1. The van der Waals surface area contributed by atoms with Crippen LogP contribution in [0, 0.1) is 16.0 Å². The van der Waals surface area contributed by atoms with Gasteiger partial charge < -0.3 is 9.47 Å². The van der Waals surface area contributed by atoms with Gasteiger partial charge in [-0.05, 0) is 30.2 Å². The molecule has 2 aromatic rings. The Bertz CT molecular complexity index is 794. The van der Waals surface area contributed by atoms with Crippen molar-refractivity contribution in [2.24, 2.45) is 5.92 Å². The molecule has 27 heavy (non-hydrogen) atoms. The number of carbonyl (C=O) groups excluding carboxylic acids is 1. The number of hydrogen-bond donors (Lipinski definition) is 0. The van der Waals surface area contributed by atoms with Crippen LogP contribution < -0.4 is 0 Å². The van der Waals surface area contributed by atoms with E-state index in [4.69, 9.17) is 9.47 Å². The minimum atomic E-state index is -0.427. The first-order valence-corrected chi connectivity index (χ1v) is 8.75. The molecule has 7 heteroatoms.